The number of carbonyl (C=O) groups excluding carboxylic acids is 1. The Hall–Kier alpha value is -2.00. The Kier molecular flexibility index (Phi) is 7.14. The second-order valence-electron chi connectivity index (χ2n) is 8.32. The van der Waals surface area contributed by atoms with Crippen LogP contribution in [0.5, 0.6) is 0 Å². The van der Waals surface area contributed by atoms with Crippen LogP contribution >= 0.6 is 11.6 Å². The van der Waals surface area contributed by atoms with Gasteiger partial charge in [-0.3, -0.25) is 14.4 Å². The lowest BCUT2D eigenvalue weighted by atomic mass is 9.96. The zero-order valence-electron chi connectivity index (χ0n) is 18.2. The molecule has 0 N–H and O–H groups in total. The second-order valence-corrected chi connectivity index (χ2v) is 10.6. The van der Waals surface area contributed by atoms with Gasteiger partial charge in [0.05, 0.1) is 24.3 Å². The van der Waals surface area contributed by atoms with Crippen molar-refractivity contribution in [2.75, 3.05) is 26.3 Å². The molecule has 2 heterocycles. The van der Waals surface area contributed by atoms with E-state index in [0.29, 0.717) is 18.7 Å². The summed E-state index contributed by atoms with van der Waals surface area (Å²) in [5, 5.41) is 0.0917. The van der Waals surface area contributed by atoms with Crippen LogP contribution in [-0.4, -0.2) is 55.5 Å². The molecule has 9 heteroatoms. The van der Waals surface area contributed by atoms with Crippen LogP contribution in [0.15, 0.2) is 46.4 Å². The van der Waals surface area contributed by atoms with Gasteiger partial charge in [0.15, 0.2) is 0 Å². The summed E-state index contributed by atoms with van der Waals surface area (Å²) in [5.74, 6) is -0.338. The van der Waals surface area contributed by atoms with Crippen LogP contribution < -0.4 is 5.49 Å². The van der Waals surface area contributed by atoms with Gasteiger partial charge in [0.25, 0.3) is 5.91 Å². The number of aromatic nitrogens is 1. The molecule has 0 radical (unpaired) electrons. The van der Waals surface area contributed by atoms with Crippen molar-refractivity contribution in [1.82, 2.24) is 8.87 Å². The number of rotatable bonds is 4. The molecule has 0 amide bonds. The fraction of sp³-hybridized carbons (Fsp3) is 0.478. The molecule has 4 rings (SSSR count). The molecule has 1 saturated carbocycles. The molecule has 2 aliphatic rings. The average molecular weight is 478 g/mol. The summed E-state index contributed by atoms with van der Waals surface area (Å²) in [6, 6.07) is 8.33. The Labute approximate surface area is 193 Å². The summed E-state index contributed by atoms with van der Waals surface area (Å²) < 4.78 is 34.4. The zero-order valence-corrected chi connectivity index (χ0v) is 19.7. The first-order valence-corrected chi connectivity index (χ1v) is 12.8. The normalized spacial score (nSPS) is 19.2. The van der Waals surface area contributed by atoms with Crippen LogP contribution in [0.4, 0.5) is 0 Å². The number of aryl methyl sites for hydroxylation is 1. The molecule has 0 unspecified atom stereocenters. The molecule has 0 atom stereocenters. The lowest BCUT2D eigenvalue weighted by molar-refractivity contribution is 0.0730. The highest BCUT2D eigenvalue weighted by Gasteiger charge is 2.29. The fourth-order valence-corrected chi connectivity index (χ4v) is 6.07. The summed E-state index contributed by atoms with van der Waals surface area (Å²) in [6.45, 7) is 3.15. The summed E-state index contributed by atoms with van der Waals surface area (Å²) in [4.78, 5) is 18.2. The fourth-order valence-electron chi connectivity index (χ4n) is 4.16. The van der Waals surface area contributed by atoms with Gasteiger partial charge in [-0.2, -0.15) is 4.31 Å². The third kappa shape index (κ3) is 4.98. The largest absolute Gasteiger partial charge is 0.379 e. The van der Waals surface area contributed by atoms with Crippen molar-refractivity contribution in [1.29, 1.82) is 0 Å². The Morgan fingerprint density at radius 3 is 2.53 bits per heavy atom. The molecule has 0 spiro atoms. The van der Waals surface area contributed by atoms with E-state index in [0.717, 1.165) is 31.2 Å². The van der Waals surface area contributed by atoms with Crippen LogP contribution in [0.2, 0.25) is 5.02 Å². The molecule has 2 aromatic rings. The van der Waals surface area contributed by atoms with Crippen molar-refractivity contribution >= 4 is 27.5 Å². The summed E-state index contributed by atoms with van der Waals surface area (Å²) >= 11 is 6.26. The van der Waals surface area contributed by atoms with Crippen molar-refractivity contribution in [2.24, 2.45) is 4.99 Å². The van der Waals surface area contributed by atoms with Crippen LogP contribution in [0.25, 0.3) is 0 Å². The number of ether oxygens (including phenoxy) is 1. The molecule has 7 nitrogen and oxygen atoms in total. The van der Waals surface area contributed by atoms with Gasteiger partial charge in [-0.25, -0.2) is 8.42 Å². The van der Waals surface area contributed by atoms with Crippen molar-refractivity contribution in [3.63, 3.8) is 0 Å². The SMILES string of the molecule is Cc1ccn(C(=O)c2ccc(Cl)c(S(=O)(=O)N3CCOCC3)c2)c(=NC2CCCCC2)c1. The van der Waals surface area contributed by atoms with Gasteiger partial charge in [-0.05, 0) is 55.7 Å². The first kappa shape index (κ1) is 23.2. The first-order chi connectivity index (χ1) is 15.4. The van der Waals surface area contributed by atoms with E-state index in [1.54, 1.807) is 12.3 Å². The van der Waals surface area contributed by atoms with E-state index in [1.807, 2.05) is 19.1 Å². The van der Waals surface area contributed by atoms with Crippen molar-refractivity contribution in [2.45, 2.75) is 50.0 Å². The Morgan fingerprint density at radius 1 is 1.09 bits per heavy atom. The summed E-state index contributed by atoms with van der Waals surface area (Å²) in [6.07, 6.45) is 7.26. The highest BCUT2D eigenvalue weighted by Crippen LogP contribution is 2.27. The van der Waals surface area contributed by atoms with E-state index >= 15 is 0 Å². The molecule has 172 valence electrons. The van der Waals surface area contributed by atoms with Crippen molar-refractivity contribution < 1.29 is 17.9 Å². The van der Waals surface area contributed by atoms with Gasteiger partial charge in [0.2, 0.25) is 10.0 Å². The number of hydrogen-bond donors (Lipinski definition) is 0. The second kappa shape index (κ2) is 9.87. The number of nitrogens with zero attached hydrogens (tertiary/aromatic N) is 3. The maximum Gasteiger partial charge on any atom is 0.263 e. The van der Waals surface area contributed by atoms with Crippen LogP contribution in [0.3, 0.4) is 0 Å². The maximum absolute atomic E-state index is 13.4. The van der Waals surface area contributed by atoms with Crippen molar-refractivity contribution in [3.8, 4) is 0 Å². The smallest absolute Gasteiger partial charge is 0.263 e. The summed E-state index contributed by atoms with van der Waals surface area (Å²) in [7, 11) is -3.83. The lowest BCUT2D eigenvalue weighted by Gasteiger charge is -2.26. The minimum Gasteiger partial charge on any atom is -0.379 e. The number of morpholine rings is 1. The minimum atomic E-state index is -3.83. The van der Waals surface area contributed by atoms with Crippen LogP contribution in [-0.2, 0) is 14.8 Å². The molecule has 1 aromatic carbocycles. The van der Waals surface area contributed by atoms with Gasteiger partial charge < -0.3 is 4.74 Å². The standard InChI is InChI=1S/C23H28ClN3O4S/c1-17-9-10-27(22(15-17)25-19-5-3-2-4-6-19)23(28)18-7-8-20(24)21(16-18)32(29,30)26-11-13-31-14-12-26/h7-10,15-16,19H,2-6,11-14H2,1H3. The van der Waals surface area contributed by atoms with E-state index in [4.69, 9.17) is 21.3 Å². The first-order valence-electron chi connectivity index (χ1n) is 11.0. The number of pyridine rings is 1. The van der Waals surface area contributed by atoms with Gasteiger partial charge in [0, 0.05) is 24.8 Å². The predicted octanol–water partition coefficient (Wildman–Crippen LogP) is 3.39. The quantitative estimate of drug-likeness (QED) is 0.676. The Morgan fingerprint density at radius 2 is 1.81 bits per heavy atom. The number of hydrogen-bond acceptors (Lipinski definition) is 5. The van der Waals surface area contributed by atoms with E-state index in [1.165, 1.54) is 27.4 Å². The van der Waals surface area contributed by atoms with Gasteiger partial charge in [-0.1, -0.05) is 30.9 Å². The van der Waals surface area contributed by atoms with Gasteiger partial charge in [0.1, 0.15) is 10.4 Å². The van der Waals surface area contributed by atoms with E-state index < -0.39 is 10.0 Å². The third-order valence-electron chi connectivity index (χ3n) is 5.96. The molecule has 1 saturated heterocycles. The van der Waals surface area contributed by atoms with Crippen LogP contribution in [0.1, 0.15) is 48.0 Å². The van der Waals surface area contributed by atoms with Crippen molar-refractivity contribution in [3.05, 3.63) is 58.2 Å². The molecular weight excluding hydrogens is 450 g/mol. The molecule has 1 aromatic heterocycles. The number of halogens is 1. The van der Waals surface area contributed by atoms with E-state index in [-0.39, 0.29) is 40.5 Å². The topological polar surface area (TPSA) is 81.0 Å². The van der Waals surface area contributed by atoms with Gasteiger partial charge in [-0.15, -0.1) is 0 Å². The lowest BCUT2D eigenvalue weighted by Crippen LogP contribution is -2.40. The minimum absolute atomic E-state index is 0.0644. The third-order valence-corrected chi connectivity index (χ3v) is 8.34. The van der Waals surface area contributed by atoms with E-state index in [9.17, 15) is 13.2 Å². The number of benzene rings is 1. The Bertz CT molecular complexity index is 1160. The van der Waals surface area contributed by atoms with E-state index in [2.05, 4.69) is 0 Å². The highest BCUT2D eigenvalue weighted by atomic mass is 35.5. The van der Waals surface area contributed by atoms with Gasteiger partial charge >= 0.3 is 0 Å². The molecule has 32 heavy (non-hydrogen) atoms. The monoisotopic (exact) mass is 477 g/mol. The zero-order chi connectivity index (χ0) is 22.7. The molecule has 1 aliphatic carbocycles. The molecule has 1 aliphatic heterocycles. The molecule has 2 fully saturated rings. The average Bonchev–Trinajstić information content (AvgIpc) is 2.80. The molecule has 0 bridgehead atoms. The highest BCUT2D eigenvalue weighted by molar-refractivity contribution is 7.89. The van der Waals surface area contributed by atoms with Crippen LogP contribution in [0, 0.1) is 6.92 Å². The Balaban J connectivity index is 1.72. The molecular formula is C23H28ClN3O4S. The number of carbonyl (C=O) groups is 1. The predicted molar refractivity (Wildman–Crippen MR) is 122 cm³/mol. The summed E-state index contributed by atoms with van der Waals surface area (Å²) in [5.41, 5.74) is 1.85. The maximum atomic E-state index is 13.4. The number of sulfonamides is 1.